The van der Waals surface area contributed by atoms with Gasteiger partial charge in [-0.25, -0.2) is 18.7 Å². The smallest absolute Gasteiger partial charge is 0.431 e. The van der Waals surface area contributed by atoms with Crippen LogP contribution in [-0.4, -0.2) is 19.5 Å². The first kappa shape index (κ1) is 21.0. The number of nitrogens with one attached hydrogen (secondary N) is 1. The van der Waals surface area contributed by atoms with Gasteiger partial charge in [0.05, 0.1) is 15.6 Å². The number of hydrogen-bond acceptors (Lipinski definition) is 6. The highest BCUT2D eigenvalue weighted by Gasteiger charge is 2.33. The Morgan fingerprint density at radius 2 is 1.90 bits per heavy atom. The van der Waals surface area contributed by atoms with Gasteiger partial charge in [0.15, 0.2) is 0 Å². The van der Waals surface area contributed by atoms with Crippen LogP contribution in [0.2, 0.25) is 5.02 Å². The van der Waals surface area contributed by atoms with E-state index < -0.39 is 39.5 Å². The summed E-state index contributed by atoms with van der Waals surface area (Å²) in [4.78, 5) is 39.1. The van der Waals surface area contributed by atoms with Crippen molar-refractivity contribution in [3.8, 4) is 17.3 Å². The van der Waals surface area contributed by atoms with Gasteiger partial charge in [-0.15, -0.1) is 0 Å². The highest BCUT2D eigenvalue weighted by Crippen LogP contribution is 2.32. The molecule has 14 heteroatoms. The first-order valence-electron chi connectivity index (χ1n) is 7.68. The van der Waals surface area contributed by atoms with Crippen molar-refractivity contribution < 1.29 is 27.2 Å². The molecular formula is C16H7ClF4N4O5. The number of pyridine rings is 1. The summed E-state index contributed by atoms with van der Waals surface area (Å²) in [5.41, 5.74) is -5.68. The predicted octanol–water partition coefficient (Wildman–Crippen LogP) is 3.43. The largest absolute Gasteiger partial charge is 0.437 e. The lowest BCUT2D eigenvalue weighted by atomic mass is 10.2. The van der Waals surface area contributed by atoms with Gasteiger partial charge < -0.3 is 9.72 Å². The molecule has 156 valence electrons. The molecule has 9 nitrogen and oxygen atoms in total. The Labute approximate surface area is 167 Å². The topological polar surface area (TPSA) is 120 Å². The summed E-state index contributed by atoms with van der Waals surface area (Å²) < 4.78 is 57.9. The van der Waals surface area contributed by atoms with E-state index in [1.54, 1.807) is 0 Å². The van der Waals surface area contributed by atoms with Gasteiger partial charge in [-0.3, -0.25) is 14.9 Å². The van der Waals surface area contributed by atoms with Gasteiger partial charge in [0, 0.05) is 24.3 Å². The van der Waals surface area contributed by atoms with Crippen molar-refractivity contribution in [2.24, 2.45) is 0 Å². The number of aromatic amines is 1. The van der Waals surface area contributed by atoms with Crippen molar-refractivity contribution in [2.45, 2.75) is 6.18 Å². The van der Waals surface area contributed by atoms with Gasteiger partial charge in [0.1, 0.15) is 23.5 Å². The number of nitro groups is 1. The third-order valence-corrected chi connectivity index (χ3v) is 3.92. The van der Waals surface area contributed by atoms with Crippen LogP contribution in [0.1, 0.15) is 5.69 Å². The Hall–Kier alpha value is -3.74. The Bertz CT molecular complexity index is 1220. The summed E-state index contributed by atoms with van der Waals surface area (Å²) in [6, 6.07) is 3.72. The lowest BCUT2D eigenvalue weighted by molar-refractivity contribution is -0.385. The number of benzene rings is 1. The molecule has 2 aromatic heterocycles. The number of aromatic nitrogens is 3. The summed E-state index contributed by atoms with van der Waals surface area (Å²) in [7, 11) is 0. The molecule has 30 heavy (non-hydrogen) atoms. The first-order valence-corrected chi connectivity index (χ1v) is 8.06. The summed E-state index contributed by atoms with van der Waals surface area (Å²) in [6.07, 6.45) is -4.12. The molecule has 0 unspecified atom stereocenters. The minimum Gasteiger partial charge on any atom is -0.437 e. The molecule has 0 aliphatic carbocycles. The zero-order valence-corrected chi connectivity index (χ0v) is 15.0. The first-order chi connectivity index (χ1) is 14.0. The van der Waals surface area contributed by atoms with Gasteiger partial charge in [-0.2, -0.15) is 13.2 Å². The predicted molar refractivity (Wildman–Crippen MR) is 93.6 cm³/mol. The van der Waals surface area contributed by atoms with Gasteiger partial charge in [-0.05, 0) is 6.07 Å². The highest BCUT2D eigenvalue weighted by atomic mass is 35.5. The SMILES string of the molecule is O=c1cc(C(F)(F)F)[nH]c(=O)n1-c1cc(Oc2ccc([N+](=O)[O-])cn2)c(Cl)cc1F. The molecule has 3 aromatic rings. The second kappa shape index (κ2) is 7.59. The van der Waals surface area contributed by atoms with Crippen molar-refractivity contribution in [1.82, 2.24) is 14.5 Å². The maximum Gasteiger partial charge on any atom is 0.431 e. The minimum atomic E-state index is -4.99. The van der Waals surface area contributed by atoms with E-state index in [4.69, 9.17) is 16.3 Å². The fourth-order valence-electron chi connectivity index (χ4n) is 2.30. The molecule has 0 atom stereocenters. The van der Waals surface area contributed by atoms with Crippen molar-refractivity contribution in [3.05, 3.63) is 84.0 Å². The molecule has 1 aromatic carbocycles. The van der Waals surface area contributed by atoms with E-state index in [0.29, 0.717) is 6.07 Å². The fourth-order valence-corrected chi connectivity index (χ4v) is 2.49. The number of alkyl halides is 3. The molecule has 0 aliphatic heterocycles. The molecule has 0 radical (unpaired) electrons. The van der Waals surface area contributed by atoms with E-state index in [2.05, 4.69) is 4.98 Å². The molecule has 1 N–H and O–H groups in total. The number of halogens is 5. The zero-order valence-electron chi connectivity index (χ0n) is 14.2. The number of hydrogen-bond donors (Lipinski definition) is 1. The maximum atomic E-state index is 14.3. The average Bonchev–Trinajstić information content (AvgIpc) is 2.64. The van der Waals surface area contributed by atoms with Crippen LogP contribution >= 0.6 is 11.6 Å². The molecule has 3 rings (SSSR count). The van der Waals surface area contributed by atoms with Crippen LogP contribution in [0.25, 0.3) is 5.69 Å². The zero-order chi connectivity index (χ0) is 22.2. The molecule has 0 fully saturated rings. The third-order valence-electron chi connectivity index (χ3n) is 3.63. The minimum absolute atomic E-state index is 0.0911. The molecular weight excluding hydrogens is 440 g/mol. The normalized spacial score (nSPS) is 11.4. The van der Waals surface area contributed by atoms with Gasteiger partial charge in [0.2, 0.25) is 5.88 Å². The maximum absolute atomic E-state index is 14.3. The van der Waals surface area contributed by atoms with Gasteiger partial charge in [0.25, 0.3) is 11.2 Å². The van der Waals surface area contributed by atoms with Crippen LogP contribution in [0.3, 0.4) is 0 Å². The number of rotatable bonds is 4. The Kier molecular flexibility index (Phi) is 5.31. The monoisotopic (exact) mass is 446 g/mol. The Balaban J connectivity index is 2.07. The lowest BCUT2D eigenvalue weighted by Gasteiger charge is -2.12. The van der Waals surface area contributed by atoms with Crippen molar-refractivity contribution in [2.75, 3.05) is 0 Å². The van der Waals surface area contributed by atoms with Crippen molar-refractivity contribution >= 4 is 17.3 Å². The average molecular weight is 447 g/mol. The van der Waals surface area contributed by atoms with E-state index in [-0.39, 0.29) is 33.0 Å². The molecule has 0 saturated carbocycles. The molecule has 0 saturated heterocycles. The highest BCUT2D eigenvalue weighted by molar-refractivity contribution is 6.32. The van der Waals surface area contributed by atoms with Crippen LogP contribution < -0.4 is 16.0 Å². The third kappa shape index (κ3) is 4.15. The standard InChI is InChI=1S/C16H7ClF4N4O5/c17-8-3-9(18)10(24-14(26)5-12(16(19,20)21)23-15(24)27)4-11(8)30-13-2-1-7(6-22-13)25(28)29/h1-6H,(H,23,27). The quantitative estimate of drug-likeness (QED) is 0.372. The van der Waals surface area contributed by atoms with Crippen LogP contribution in [-0.2, 0) is 6.18 Å². The molecule has 0 amide bonds. The van der Waals surface area contributed by atoms with E-state index in [1.807, 2.05) is 0 Å². The fraction of sp³-hybridized carbons (Fsp3) is 0.0625. The van der Waals surface area contributed by atoms with E-state index in [0.717, 1.165) is 24.4 Å². The molecule has 0 bridgehead atoms. The summed E-state index contributed by atoms with van der Waals surface area (Å²) in [5, 5.41) is 10.3. The van der Waals surface area contributed by atoms with E-state index >= 15 is 0 Å². The van der Waals surface area contributed by atoms with Gasteiger partial charge in [-0.1, -0.05) is 11.6 Å². The van der Waals surface area contributed by atoms with Crippen LogP contribution in [0.4, 0.5) is 23.2 Å². The lowest BCUT2D eigenvalue weighted by Crippen LogP contribution is -2.36. The van der Waals surface area contributed by atoms with E-state index in [1.165, 1.54) is 4.98 Å². The number of ether oxygens (including phenoxy) is 1. The van der Waals surface area contributed by atoms with E-state index in [9.17, 15) is 37.3 Å². The Morgan fingerprint density at radius 3 is 2.43 bits per heavy atom. The van der Waals surface area contributed by atoms with Crippen LogP contribution in [0.5, 0.6) is 11.6 Å². The van der Waals surface area contributed by atoms with Crippen molar-refractivity contribution in [3.63, 3.8) is 0 Å². The summed E-state index contributed by atoms with van der Waals surface area (Å²) in [5.74, 6) is -1.72. The number of H-pyrrole nitrogens is 1. The Morgan fingerprint density at radius 1 is 1.20 bits per heavy atom. The number of nitrogens with zero attached hydrogens (tertiary/aromatic N) is 3. The molecule has 2 heterocycles. The van der Waals surface area contributed by atoms with Crippen molar-refractivity contribution in [1.29, 1.82) is 0 Å². The summed E-state index contributed by atoms with van der Waals surface area (Å²) in [6.45, 7) is 0. The summed E-state index contributed by atoms with van der Waals surface area (Å²) >= 11 is 5.86. The second-order valence-corrected chi connectivity index (χ2v) is 6.01. The van der Waals surface area contributed by atoms with Crippen LogP contribution in [0.15, 0.2) is 46.1 Å². The van der Waals surface area contributed by atoms with Gasteiger partial charge >= 0.3 is 11.9 Å². The van der Waals surface area contributed by atoms with Crippen LogP contribution in [0, 0.1) is 15.9 Å². The second-order valence-electron chi connectivity index (χ2n) is 5.61. The molecule has 0 aliphatic rings. The molecule has 0 spiro atoms.